The summed E-state index contributed by atoms with van der Waals surface area (Å²) >= 11 is 0. The summed E-state index contributed by atoms with van der Waals surface area (Å²) in [6.45, 7) is 0.327. The van der Waals surface area contributed by atoms with Gasteiger partial charge in [-0.15, -0.1) is 0 Å². The lowest BCUT2D eigenvalue weighted by Crippen LogP contribution is -2.21. The largest absolute Gasteiger partial charge is 0.481 e. The fourth-order valence-electron chi connectivity index (χ4n) is 1.52. The highest BCUT2D eigenvalue weighted by Gasteiger charge is 2.16. The van der Waals surface area contributed by atoms with Gasteiger partial charge in [0.15, 0.2) is 0 Å². The summed E-state index contributed by atoms with van der Waals surface area (Å²) in [7, 11) is 0. The summed E-state index contributed by atoms with van der Waals surface area (Å²) in [6, 6.07) is 2.53. The van der Waals surface area contributed by atoms with Gasteiger partial charge in [-0.25, -0.2) is 0 Å². The van der Waals surface area contributed by atoms with Crippen LogP contribution in [-0.2, 0) is 9.59 Å². The molecule has 1 heterocycles. The normalized spacial score (nSPS) is 10.1. The van der Waals surface area contributed by atoms with Crippen LogP contribution in [0.1, 0.15) is 25.7 Å². The van der Waals surface area contributed by atoms with E-state index in [4.69, 9.17) is 9.52 Å². The minimum atomic E-state index is -0.853. The second-order valence-electron chi connectivity index (χ2n) is 3.87. The molecule has 1 rings (SSSR count). The zero-order valence-corrected chi connectivity index (χ0v) is 10.2. The van der Waals surface area contributed by atoms with Crippen LogP contribution in [0, 0.1) is 10.1 Å². The number of carboxylic acids is 1. The number of aliphatic carboxylic acids is 1. The lowest BCUT2D eigenvalue weighted by molar-refractivity contribution is -0.401. The number of anilines is 1. The topological polar surface area (TPSA) is 114 Å². The van der Waals surface area contributed by atoms with Crippen LogP contribution in [0.5, 0.6) is 0 Å². The summed E-state index contributed by atoms with van der Waals surface area (Å²) in [6.07, 6.45) is 2.40. The minimum absolute atomic E-state index is 0.0906. The van der Waals surface area contributed by atoms with Gasteiger partial charge in [0, 0.05) is 19.0 Å². The maximum atomic E-state index is 10.9. The number of hydrogen-bond donors (Lipinski definition) is 1. The van der Waals surface area contributed by atoms with Crippen LogP contribution in [0.15, 0.2) is 16.5 Å². The molecule has 0 radical (unpaired) electrons. The zero-order valence-electron chi connectivity index (χ0n) is 10.2. The van der Waals surface area contributed by atoms with Crippen molar-refractivity contribution in [3.8, 4) is 0 Å². The Morgan fingerprint density at radius 3 is 2.68 bits per heavy atom. The summed E-state index contributed by atoms with van der Waals surface area (Å²) in [5, 5.41) is 18.9. The van der Waals surface area contributed by atoms with E-state index in [1.807, 2.05) is 0 Å². The van der Waals surface area contributed by atoms with Gasteiger partial charge in [0.1, 0.15) is 4.92 Å². The molecule has 0 bridgehead atoms. The number of hydrogen-bond acceptors (Lipinski definition) is 5. The van der Waals surface area contributed by atoms with Gasteiger partial charge in [-0.3, -0.25) is 24.6 Å². The molecule has 1 aromatic rings. The van der Waals surface area contributed by atoms with Gasteiger partial charge in [-0.2, -0.15) is 0 Å². The van der Waals surface area contributed by atoms with E-state index in [1.54, 1.807) is 0 Å². The molecule has 0 atom stereocenters. The predicted molar refractivity (Wildman–Crippen MR) is 64.9 cm³/mol. The molecule has 0 aromatic carbocycles. The van der Waals surface area contributed by atoms with Crippen LogP contribution in [0.3, 0.4) is 0 Å². The van der Waals surface area contributed by atoms with E-state index in [2.05, 4.69) is 0 Å². The third-order valence-electron chi connectivity index (χ3n) is 2.46. The third-order valence-corrected chi connectivity index (χ3v) is 2.46. The molecule has 0 aliphatic carbocycles. The summed E-state index contributed by atoms with van der Waals surface area (Å²) in [5.74, 6) is -1.17. The molecule has 0 saturated carbocycles. The molecule has 8 heteroatoms. The smallest absolute Gasteiger partial charge is 0.434 e. The fourth-order valence-corrected chi connectivity index (χ4v) is 1.52. The highest BCUT2D eigenvalue weighted by atomic mass is 16.6. The molecular weight excluding hydrogens is 256 g/mol. The standard InChI is InChI=1S/C11H14N2O6/c14-8-12(7-3-1-2-4-11(15)16)9-5-6-10(19-9)13(17)18/h5-6,8H,1-4,7H2,(H,15,16). The van der Waals surface area contributed by atoms with Gasteiger partial charge < -0.3 is 9.52 Å². The molecule has 0 saturated heterocycles. The third kappa shape index (κ3) is 4.78. The van der Waals surface area contributed by atoms with Crippen LogP contribution in [-0.4, -0.2) is 29.0 Å². The van der Waals surface area contributed by atoms with E-state index in [9.17, 15) is 19.7 Å². The first-order valence-corrected chi connectivity index (χ1v) is 5.72. The molecule has 0 aliphatic heterocycles. The van der Waals surface area contributed by atoms with Crippen molar-refractivity contribution >= 4 is 24.1 Å². The molecule has 1 aromatic heterocycles. The molecule has 0 aliphatic rings. The van der Waals surface area contributed by atoms with Crippen LogP contribution in [0.2, 0.25) is 0 Å². The lowest BCUT2D eigenvalue weighted by atomic mass is 10.2. The average molecular weight is 270 g/mol. The summed E-state index contributed by atoms with van der Waals surface area (Å²) in [5.41, 5.74) is 0. The van der Waals surface area contributed by atoms with E-state index in [1.165, 1.54) is 17.0 Å². The molecule has 104 valence electrons. The first-order valence-electron chi connectivity index (χ1n) is 5.72. The van der Waals surface area contributed by atoms with Gasteiger partial charge >= 0.3 is 11.9 Å². The second-order valence-corrected chi connectivity index (χ2v) is 3.87. The van der Waals surface area contributed by atoms with Crippen molar-refractivity contribution in [1.29, 1.82) is 0 Å². The Hall–Kier alpha value is -2.38. The number of nitrogens with zero attached hydrogens (tertiary/aromatic N) is 2. The number of carbonyl (C=O) groups is 2. The van der Waals surface area contributed by atoms with Crippen LogP contribution >= 0.6 is 0 Å². The van der Waals surface area contributed by atoms with Gasteiger partial charge in [0.05, 0.1) is 6.07 Å². The van der Waals surface area contributed by atoms with Crippen molar-refractivity contribution in [2.75, 3.05) is 11.4 Å². The first-order chi connectivity index (χ1) is 9.04. The molecule has 1 N–H and O–H groups in total. The van der Waals surface area contributed by atoms with Gasteiger partial charge in [-0.05, 0) is 12.8 Å². The van der Waals surface area contributed by atoms with E-state index < -0.39 is 16.8 Å². The predicted octanol–water partition coefficient (Wildman–Crippen LogP) is 1.80. The molecule has 0 fully saturated rings. The van der Waals surface area contributed by atoms with Gasteiger partial charge in [0.2, 0.25) is 12.3 Å². The van der Waals surface area contributed by atoms with E-state index in [0.29, 0.717) is 32.2 Å². The van der Waals surface area contributed by atoms with Gasteiger partial charge in [0.25, 0.3) is 0 Å². The van der Waals surface area contributed by atoms with E-state index in [0.717, 1.165) is 0 Å². The fraction of sp³-hybridized carbons (Fsp3) is 0.455. The Morgan fingerprint density at radius 1 is 1.42 bits per heavy atom. The molecule has 19 heavy (non-hydrogen) atoms. The van der Waals surface area contributed by atoms with Crippen LogP contribution in [0.4, 0.5) is 11.8 Å². The number of nitro groups is 1. The van der Waals surface area contributed by atoms with Crippen molar-refractivity contribution in [3.05, 3.63) is 22.2 Å². The molecule has 1 amide bonds. The highest BCUT2D eigenvalue weighted by molar-refractivity contribution is 5.72. The number of carbonyl (C=O) groups excluding carboxylic acids is 1. The Labute approximate surface area is 108 Å². The number of unbranched alkanes of at least 4 members (excludes halogenated alkanes) is 2. The van der Waals surface area contributed by atoms with Crippen molar-refractivity contribution in [1.82, 2.24) is 0 Å². The van der Waals surface area contributed by atoms with E-state index >= 15 is 0 Å². The van der Waals surface area contributed by atoms with E-state index in [-0.39, 0.29) is 12.3 Å². The van der Waals surface area contributed by atoms with Gasteiger partial charge in [-0.1, -0.05) is 6.42 Å². The number of carboxylic acid groups (broad SMARTS) is 1. The monoisotopic (exact) mass is 270 g/mol. The van der Waals surface area contributed by atoms with Crippen molar-refractivity contribution in [3.63, 3.8) is 0 Å². The highest BCUT2D eigenvalue weighted by Crippen LogP contribution is 2.23. The number of amides is 1. The molecule has 0 unspecified atom stereocenters. The zero-order chi connectivity index (χ0) is 14.3. The number of furan rings is 1. The lowest BCUT2D eigenvalue weighted by Gasteiger charge is -2.12. The Morgan fingerprint density at radius 2 is 2.16 bits per heavy atom. The molecule has 0 spiro atoms. The Balaban J connectivity index is 2.42. The van der Waals surface area contributed by atoms with Crippen molar-refractivity contribution in [2.24, 2.45) is 0 Å². The maximum Gasteiger partial charge on any atom is 0.434 e. The molecule has 8 nitrogen and oxygen atoms in total. The Kier molecular flexibility index (Phi) is 5.52. The first kappa shape index (κ1) is 14.7. The second kappa shape index (κ2) is 7.14. The van der Waals surface area contributed by atoms with Crippen molar-refractivity contribution < 1.29 is 24.0 Å². The minimum Gasteiger partial charge on any atom is -0.481 e. The van der Waals surface area contributed by atoms with Crippen LogP contribution < -0.4 is 4.90 Å². The van der Waals surface area contributed by atoms with Crippen LogP contribution in [0.25, 0.3) is 0 Å². The maximum absolute atomic E-state index is 10.9. The molecular formula is C11H14N2O6. The quantitative estimate of drug-likeness (QED) is 0.316. The summed E-state index contributed by atoms with van der Waals surface area (Å²) in [4.78, 5) is 32.1. The summed E-state index contributed by atoms with van der Waals surface area (Å²) < 4.78 is 4.89. The Bertz CT molecular complexity index is 456. The average Bonchev–Trinajstić information content (AvgIpc) is 2.83. The number of rotatable bonds is 9. The SMILES string of the molecule is O=CN(CCCCCC(=O)O)c1ccc([N+](=O)[O-])o1. The van der Waals surface area contributed by atoms with Crippen molar-refractivity contribution in [2.45, 2.75) is 25.7 Å².